The highest BCUT2D eigenvalue weighted by molar-refractivity contribution is 7.88. The second-order valence-electron chi connectivity index (χ2n) is 4.85. The molecule has 0 saturated heterocycles. The maximum Gasteiger partial charge on any atom is 0.224 e. The van der Waals surface area contributed by atoms with Gasteiger partial charge in [0.25, 0.3) is 0 Å². The third-order valence-corrected chi connectivity index (χ3v) is 3.27. The highest BCUT2D eigenvalue weighted by atomic mass is 32.2. The van der Waals surface area contributed by atoms with Crippen LogP contribution in [0.25, 0.3) is 0 Å². The standard InChI is InChI=1S/C13H21N3O3S/c1-10(14)3-8-13(17)16-12-6-4-11(5-7-12)9-15-20(2,18)19/h4-7,10,15H,3,8-9,14H2,1-2H3,(H,16,17). The zero-order valence-corrected chi connectivity index (χ0v) is 12.5. The van der Waals surface area contributed by atoms with Gasteiger partial charge in [0.15, 0.2) is 0 Å². The Labute approximate surface area is 119 Å². The summed E-state index contributed by atoms with van der Waals surface area (Å²) in [6, 6.07) is 7.01. The zero-order valence-electron chi connectivity index (χ0n) is 11.7. The molecule has 1 unspecified atom stereocenters. The van der Waals surface area contributed by atoms with Gasteiger partial charge < -0.3 is 11.1 Å². The minimum absolute atomic E-state index is 0.00481. The normalized spacial score (nSPS) is 12.9. The van der Waals surface area contributed by atoms with E-state index in [2.05, 4.69) is 10.0 Å². The smallest absolute Gasteiger partial charge is 0.224 e. The second kappa shape index (κ2) is 7.37. The minimum atomic E-state index is -3.20. The van der Waals surface area contributed by atoms with Crippen molar-refractivity contribution >= 4 is 21.6 Å². The quantitative estimate of drug-likeness (QED) is 0.693. The van der Waals surface area contributed by atoms with Crippen LogP contribution in [0.2, 0.25) is 0 Å². The molecule has 0 fully saturated rings. The highest BCUT2D eigenvalue weighted by Crippen LogP contribution is 2.10. The predicted molar refractivity (Wildman–Crippen MR) is 79.6 cm³/mol. The number of anilines is 1. The van der Waals surface area contributed by atoms with Crippen molar-refractivity contribution in [2.45, 2.75) is 32.4 Å². The van der Waals surface area contributed by atoms with E-state index in [1.54, 1.807) is 24.3 Å². The van der Waals surface area contributed by atoms with Gasteiger partial charge >= 0.3 is 0 Å². The summed E-state index contributed by atoms with van der Waals surface area (Å²) in [7, 11) is -3.20. The van der Waals surface area contributed by atoms with Crippen molar-refractivity contribution in [3.63, 3.8) is 0 Å². The van der Waals surface area contributed by atoms with Gasteiger partial charge in [-0.15, -0.1) is 0 Å². The molecule has 0 bridgehead atoms. The van der Waals surface area contributed by atoms with Crippen LogP contribution in [0.1, 0.15) is 25.3 Å². The first kappa shape index (κ1) is 16.6. The Bertz CT molecular complexity index is 538. The van der Waals surface area contributed by atoms with E-state index in [9.17, 15) is 13.2 Å². The number of nitrogens with two attached hydrogens (primary N) is 1. The Morgan fingerprint density at radius 3 is 2.40 bits per heavy atom. The van der Waals surface area contributed by atoms with E-state index in [0.29, 0.717) is 18.5 Å². The van der Waals surface area contributed by atoms with E-state index in [1.807, 2.05) is 6.92 Å². The SMILES string of the molecule is CC(N)CCC(=O)Nc1ccc(CNS(C)(=O)=O)cc1. The molecule has 7 heteroatoms. The van der Waals surface area contributed by atoms with Crippen LogP contribution in [0.4, 0.5) is 5.69 Å². The Morgan fingerprint density at radius 1 is 1.30 bits per heavy atom. The molecule has 0 aliphatic heterocycles. The summed E-state index contributed by atoms with van der Waals surface area (Å²) >= 11 is 0. The van der Waals surface area contributed by atoms with Gasteiger partial charge in [-0.25, -0.2) is 13.1 Å². The first-order valence-corrected chi connectivity index (χ1v) is 8.24. The molecule has 6 nitrogen and oxygen atoms in total. The molecule has 4 N–H and O–H groups in total. The van der Waals surface area contributed by atoms with E-state index >= 15 is 0 Å². The van der Waals surface area contributed by atoms with Crippen molar-refractivity contribution in [3.05, 3.63) is 29.8 Å². The summed E-state index contributed by atoms with van der Waals surface area (Å²) in [5, 5.41) is 2.76. The van der Waals surface area contributed by atoms with Gasteiger partial charge in [-0.1, -0.05) is 12.1 Å². The van der Waals surface area contributed by atoms with Crippen molar-refractivity contribution in [1.29, 1.82) is 0 Å². The van der Waals surface area contributed by atoms with Crippen LogP contribution in [0.15, 0.2) is 24.3 Å². The third-order valence-electron chi connectivity index (χ3n) is 2.60. The maximum atomic E-state index is 11.6. The van der Waals surface area contributed by atoms with Gasteiger partial charge in [0.2, 0.25) is 15.9 Å². The lowest BCUT2D eigenvalue weighted by atomic mass is 10.1. The molecule has 1 amide bonds. The van der Waals surface area contributed by atoms with Gasteiger partial charge in [0.05, 0.1) is 6.26 Å². The average molecular weight is 299 g/mol. The number of hydrogen-bond donors (Lipinski definition) is 3. The summed E-state index contributed by atoms with van der Waals surface area (Å²) in [6.45, 7) is 2.09. The molecule has 112 valence electrons. The van der Waals surface area contributed by atoms with Crippen LogP contribution in [0.3, 0.4) is 0 Å². The summed E-state index contributed by atoms with van der Waals surface area (Å²) in [5.74, 6) is -0.0793. The van der Waals surface area contributed by atoms with E-state index in [0.717, 1.165) is 11.8 Å². The zero-order chi connectivity index (χ0) is 15.2. The van der Waals surface area contributed by atoms with Gasteiger partial charge in [-0.05, 0) is 31.0 Å². The van der Waals surface area contributed by atoms with Crippen molar-refractivity contribution in [3.8, 4) is 0 Å². The van der Waals surface area contributed by atoms with Crippen LogP contribution in [0.5, 0.6) is 0 Å². The highest BCUT2D eigenvalue weighted by Gasteiger charge is 2.05. The molecule has 1 atom stereocenters. The molecule has 20 heavy (non-hydrogen) atoms. The van der Waals surface area contributed by atoms with Crippen LogP contribution in [-0.2, 0) is 21.4 Å². The molecule has 0 aromatic heterocycles. The number of nitrogens with one attached hydrogen (secondary N) is 2. The number of carbonyl (C=O) groups excluding carboxylic acids is 1. The Hall–Kier alpha value is -1.44. The molecular weight excluding hydrogens is 278 g/mol. The van der Waals surface area contributed by atoms with Crippen molar-refractivity contribution < 1.29 is 13.2 Å². The van der Waals surface area contributed by atoms with Gasteiger partial charge in [-0.2, -0.15) is 0 Å². The van der Waals surface area contributed by atoms with Crippen LogP contribution < -0.4 is 15.8 Å². The number of benzene rings is 1. The molecule has 0 aliphatic carbocycles. The van der Waals surface area contributed by atoms with Gasteiger partial charge in [0, 0.05) is 24.7 Å². The average Bonchev–Trinajstić information content (AvgIpc) is 2.34. The fraction of sp³-hybridized carbons (Fsp3) is 0.462. The van der Waals surface area contributed by atoms with Crippen LogP contribution in [0, 0.1) is 0 Å². The lowest BCUT2D eigenvalue weighted by Crippen LogP contribution is -2.21. The largest absolute Gasteiger partial charge is 0.328 e. The predicted octanol–water partition coefficient (Wildman–Crippen LogP) is 0.802. The Morgan fingerprint density at radius 2 is 1.90 bits per heavy atom. The van der Waals surface area contributed by atoms with Gasteiger partial charge in [0.1, 0.15) is 0 Å². The number of sulfonamides is 1. The summed E-state index contributed by atoms with van der Waals surface area (Å²) < 4.78 is 24.3. The van der Waals surface area contributed by atoms with E-state index in [4.69, 9.17) is 5.73 Å². The van der Waals surface area contributed by atoms with Crippen molar-refractivity contribution in [1.82, 2.24) is 4.72 Å². The molecule has 0 heterocycles. The van der Waals surface area contributed by atoms with Crippen molar-refractivity contribution in [2.24, 2.45) is 5.73 Å². The van der Waals surface area contributed by atoms with Crippen LogP contribution >= 0.6 is 0 Å². The summed E-state index contributed by atoms with van der Waals surface area (Å²) in [4.78, 5) is 11.6. The fourth-order valence-electron chi connectivity index (χ4n) is 1.50. The first-order chi connectivity index (χ1) is 9.26. The summed E-state index contributed by atoms with van der Waals surface area (Å²) in [6.07, 6.45) is 2.14. The molecule has 0 aliphatic rings. The Kier molecular flexibility index (Phi) is 6.12. The maximum absolute atomic E-state index is 11.6. The Balaban J connectivity index is 2.48. The lowest BCUT2D eigenvalue weighted by molar-refractivity contribution is -0.116. The monoisotopic (exact) mass is 299 g/mol. The number of carbonyl (C=O) groups is 1. The lowest BCUT2D eigenvalue weighted by Gasteiger charge is -2.08. The molecular formula is C13H21N3O3S. The molecule has 0 spiro atoms. The van der Waals surface area contributed by atoms with Gasteiger partial charge in [-0.3, -0.25) is 4.79 Å². The molecule has 1 aromatic carbocycles. The number of rotatable bonds is 7. The van der Waals surface area contributed by atoms with E-state index in [1.165, 1.54) is 0 Å². The first-order valence-electron chi connectivity index (χ1n) is 6.35. The molecule has 0 saturated carbocycles. The molecule has 0 radical (unpaired) electrons. The number of amides is 1. The summed E-state index contributed by atoms with van der Waals surface area (Å²) in [5.41, 5.74) is 7.09. The molecule has 1 aromatic rings. The molecule has 1 rings (SSSR count). The van der Waals surface area contributed by atoms with E-state index in [-0.39, 0.29) is 18.5 Å². The van der Waals surface area contributed by atoms with E-state index < -0.39 is 10.0 Å². The van der Waals surface area contributed by atoms with Crippen molar-refractivity contribution in [2.75, 3.05) is 11.6 Å². The minimum Gasteiger partial charge on any atom is -0.328 e. The topological polar surface area (TPSA) is 101 Å². The number of hydrogen-bond acceptors (Lipinski definition) is 4. The third kappa shape index (κ3) is 7.22. The fourth-order valence-corrected chi connectivity index (χ4v) is 1.93. The van der Waals surface area contributed by atoms with Crippen LogP contribution in [-0.4, -0.2) is 26.6 Å². The second-order valence-corrected chi connectivity index (χ2v) is 6.69.